The van der Waals surface area contributed by atoms with Crippen LogP contribution >= 0.6 is 0 Å². The third-order valence-electron chi connectivity index (χ3n) is 2.52. The van der Waals surface area contributed by atoms with Gasteiger partial charge < -0.3 is 9.13 Å². The Kier molecular flexibility index (Phi) is 2.45. The zero-order chi connectivity index (χ0) is 10.8. The minimum absolute atomic E-state index is 0.0211. The van der Waals surface area contributed by atoms with E-state index >= 15 is 0 Å². The van der Waals surface area contributed by atoms with Gasteiger partial charge in [-0.2, -0.15) is 0 Å². The smallest absolute Gasteiger partial charge is 0.327 e. The standard InChI is InChI=1S/C10H14N4O/c1-9-11-3-4-13(9)7-8-14-6-5-12(2)10(14)15/h3-6H,7-8H2,1-2H3. The highest BCUT2D eigenvalue weighted by Gasteiger charge is 2.00. The summed E-state index contributed by atoms with van der Waals surface area (Å²) in [6.45, 7) is 3.40. The maximum atomic E-state index is 11.5. The number of aryl methyl sites for hydroxylation is 4. The molecule has 5 heteroatoms. The van der Waals surface area contributed by atoms with Crippen LogP contribution in [-0.4, -0.2) is 18.7 Å². The Morgan fingerprint density at radius 3 is 2.47 bits per heavy atom. The molecule has 0 unspecified atom stereocenters. The van der Waals surface area contributed by atoms with Crippen LogP contribution in [0.5, 0.6) is 0 Å². The van der Waals surface area contributed by atoms with E-state index in [0.717, 1.165) is 12.4 Å². The van der Waals surface area contributed by atoms with Crippen molar-refractivity contribution in [1.82, 2.24) is 18.7 Å². The quantitative estimate of drug-likeness (QED) is 0.729. The number of rotatable bonds is 3. The average molecular weight is 206 g/mol. The Hall–Kier alpha value is -1.78. The van der Waals surface area contributed by atoms with Crippen LogP contribution in [0.25, 0.3) is 0 Å². The largest absolute Gasteiger partial charge is 0.333 e. The molecule has 0 saturated carbocycles. The molecule has 2 rings (SSSR count). The van der Waals surface area contributed by atoms with E-state index < -0.39 is 0 Å². The summed E-state index contributed by atoms with van der Waals surface area (Å²) in [6, 6.07) is 0. The van der Waals surface area contributed by atoms with Crippen molar-refractivity contribution in [3.05, 3.63) is 41.1 Å². The molecule has 0 aliphatic heterocycles. The summed E-state index contributed by atoms with van der Waals surface area (Å²) < 4.78 is 5.29. The zero-order valence-electron chi connectivity index (χ0n) is 8.92. The van der Waals surface area contributed by atoms with Crippen molar-refractivity contribution in [3.63, 3.8) is 0 Å². The number of imidazole rings is 2. The van der Waals surface area contributed by atoms with Crippen molar-refractivity contribution in [2.75, 3.05) is 0 Å². The fourth-order valence-corrected chi connectivity index (χ4v) is 1.54. The molecule has 0 spiro atoms. The number of hydrogen-bond donors (Lipinski definition) is 0. The summed E-state index contributed by atoms with van der Waals surface area (Å²) in [7, 11) is 1.75. The third-order valence-corrected chi connectivity index (χ3v) is 2.52. The molecule has 0 aromatic carbocycles. The monoisotopic (exact) mass is 206 g/mol. The fourth-order valence-electron chi connectivity index (χ4n) is 1.54. The number of hydrogen-bond acceptors (Lipinski definition) is 2. The number of aromatic nitrogens is 4. The van der Waals surface area contributed by atoms with Gasteiger partial charge in [0.1, 0.15) is 5.82 Å². The predicted molar refractivity (Wildman–Crippen MR) is 56.6 cm³/mol. The summed E-state index contributed by atoms with van der Waals surface area (Å²) in [6.07, 6.45) is 7.25. The molecular weight excluding hydrogens is 192 g/mol. The summed E-state index contributed by atoms with van der Waals surface area (Å²) in [4.78, 5) is 15.6. The molecule has 80 valence electrons. The predicted octanol–water partition coefficient (Wildman–Crippen LogP) is 0.392. The lowest BCUT2D eigenvalue weighted by Crippen LogP contribution is -2.23. The van der Waals surface area contributed by atoms with E-state index in [2.05, 4.69) is 4.98 Å². The summed E-state index contributed by atoms with van der Waals surface area (Å²) in [5, 5.41) is 0. The van der Waals surface area contributed by atoms with Crippen LogP contribution in [0.1, 0.15) is 5.82 Å². The molecule has 0 N–H and O–H groups in total. The fraction of sp³-hybridized carbons (Fsp3) is 0.400. The van der Waals surface area contributed by atoms with Gasteiger partial charge in [0.25, 0.3) is 0 Å². The first kappa shape index (κ1) is 9.76. The molecule has 5 nitrogen and oxygen atoms in total. The molecule has 2 heterocycles. The van der Waals surface area contributed by atoms with Gasteiger partial charge in [-0.05, 0) is 6.92 Å². The minimum Gasteiger partial charge on any atom is -0.333 e. The maximum Gasteiger partial charge on any atom is 0.327 e. The second-order valence-corrected chi connectivity index (χ2v) is 3.55. The van der Waals surface area contributed by atoms with Gasteiger partial charge >= 0.3 is 5.69 Å². The van der Waals surface area contributed by atoms with E-state index in [4.69, 9.17) is 0 Å². The van der Waals surface area contributed by atoms with E-state index in [0.29, 0.717) is 6.54 Å². The Labute approximate surface area is 87.6 Å². The van der Waals surface area contributed by atoms with Crippen LogP contribution in [-0.2, 0) is 20.1 Å². The maximum absolute atomic E-state index is 11.5. The average Bonchev–Trinajstić information content (AvgIpc) is 2.74. The number of nitrogens with zero attached hydrogens (tertiary/aromatic N) is 4. The minimum atomic E-state index is 0.0211. The lowest BCUT2D eigenvalue weighted by molar-refractivity contribution is 0.549. The van der Waals surface area contributed by atoms with E-state index in [-0.39, 0.29) is 5.69 Å². The molecule has 0 radical (unpaired) electrons. The molecule has 2 aromatic heterocycles. The van der Waals surface area contributed by atoms with Gasteiger partial charge in [-0.3, -0.25) is 4.57 Å². The van der Waals surface area contributed by atoms with Gasteiger partial charge in [0.15, 0.2) is 0 Å². The highest BCUT2D eigenvalue weighted by Crippen LogP contribution is 1.95. The SMILES string of the molecule is Cc1nccn1CCn1ccn(C)c1=O. The van der Waals surface area contributed by atoms with Crippen molar-refractivity contribution < 1.29 is 0 Å². The van der Waals surface area contributed by atoms with Gasteiger partial charge in [0.2, 0.25) is 0 Å². The molecule has 2 aromatic rings. The van der Waals surface area contributed by atoms with Gasteiger partial charge in [-0.1, -0.05) is 0 Å². The van der Waals surface area contributed by atoms with Crippen molar-refractivity contribution in [3.8, 4) is 0 Å². The van der Waals surface area contributed by atoms with Crippen molar-refractivity contribution in [2.24, 2.45) is 7.05 Å². The second kappa shape index (κ2) is 3.76. The summed E-state index contributed by atoms with van der Waals surface area (Å²) in [5.41, 5.74) is 0.0211. The van der Waals surface area contributed by atoms with Crippen LogP contribution in [0.4, 0.5) is 0 Å². The van der Waals surface area contributed by atoms with Crippen LogP contribution in [0.3, 0.4) is 0 Å². The summed E-state index contributed by atoms with van der Waals surface area (Å²) in [5.74, 6) is 0.971. The molecule has 15 heavy (non-hydrogen) atoms. The molecule has 0 amide bonds. The molecular formula is C10H14N4O. The molecule has 0 aliphatic rings. The highest BCUT2D eigenvalue weighted by atomic mass is 16.1. The first-order chi connectivity index (χ1) is 7.18. The molecule has 0 saturated heterocycles. The first-order valence-corrected chi connectivity index (χ1v) is 4.88. The van der Waals surface area contributed by atoms with Crippen LogP contribution in [0.2, 0.25) is 0 Å². The third kappa shape index (κ3) is 1.86. The Morgan fingerprint density at radius 2 is 1.93 bits per heavy atom. The molecule has 0 atom stereocenters. The Morgan fingerprint density at radius 1 is 1.20 bits per heavy atom. The molecule has 0 fully saturated rings. The van der Waals surface area contributed by atoms with Crippen LogP contribution in [0.15, 0.2) is 29.6 Å². The van der Waals surface area contributed by atoms with E-state index in [9.17, 15) is 4.79 Å². The topological polar surface area (TPSA) is 44.8 Å². The van der Waals surface area contributed by atoms with Crippen molar-refractivity contribution >= 4 is 0 Å². The van der Waals surface area contributed by atoms with Crippen molar-refractivity contribution in [2.45, 2.75) is 20.0 Å². The van der Waals surface area contributed by atoms with E-state index in [1.54, 1.807) is 34.8 Å². The first-order valence-electron chi connectivity index (χ1n) is 4.88. The lowest BCUT2D eigenvalue weighted by Gasteiger charge is -2.04. The van der Waals surface area contributed by atoms with Gasteiger partial charge in [-0.25, -0.2) is 9.78 Å². The second-order valence-electron chi connectivity index (χ2n) is 3.55. The van der Waals surface area contributed by atoms with Gasteiger partial charge in [0, 0.05) is 44.9 Å². The molecule has 0 aliphatic carbocycles. The van der Waals surface area contributed by atoms with Crippen molar-refractivity contribution in [1.29, 1.82) is 0 Å². The molecule has 0 bridgehead atoms. The lowest BCUT2D eigenvalue weighted by atomic mass is 10.5. The normalized spacial score (nSPS) is 10.8. The van der Waals surface area contributed by atoms with Crippen LogP contribution in [0, 0.1) is 6.92 Å². The zero-order valence-corrected chi connectivity index (χ0v) is 8.92. The highest BCUT2D eigenvalue weighted by molar-refractivity contribution is 4.88. The van der Waals surface area contributed by atoms with E-state index in [1.165, 1.54) is 0 Å². The van der Waals surface area contributed by atoms with Crippen LogP contribution < -0.4 is 5.69 Å². The van der Waals surface area contributed by atoms with E-state index in [1.807, 2.05) is 17.7 Å². The summed E-state index contributed by atoms with van der Waals surface area (Å²) >= 11 is 0. The Bertz CT molecular complexity index is 505. The Balaban J connectivity index is 2.09. The van der Waals surface area contributed by atoms with Gasteiger partial charge in [-0.15, -0.1) is 0 Å². The van der Waals surface area contributed by atoms with Gasteiger partial charge in [0.05, 0.1) is 0 Å².